The third-order valence-electron chi connectivity index (χ3n) is 15.0. The molecule has 2 rings (SSSR count). The average Bonchev–Trinajstić information content (AvgIpc) is 3.52. The molecule has 0 radical (unpaired) electrons. The van der Waals surface area contributed by atoms with Gasteiger partial charge in [-0.1, -0.05) is 216 Å². The van der Waals surface area contributed by atoms with Crippen LogP contribution < -0.4 is 0 Å². The molecule has 11 atom stereocenters. The van der Waals surface area contributed by atoms with Crippen LogP contribution in [-0.4, -0.2) is 142 Å². The van der Waals surface area contributed by atoms with Gasteiger partial charge in [0.05, 0.1) is 19.8 Å². The smallest absolute Gasteiger partial charge is 0.306 e. The third-order valence-corrected chi connectivity index (χ3v) is 15.0. The van der Waals surface area contributed by atoms with Gasteiger partial charge in [-0.25, -0.2) is 0 Å². The van der Waals surface area contributed by atoms with Gasteiger partial charge >= 0.3 is 11.9 Å². The van der Waals surface area contributed by atoms with Crippen LogP contribution in [0.1, 0.15) is 245 Å². The highest BCUT2D eigenvalue weighted by atomic mass is 16.7. The van der Waals surface area contributed by atoms with E-state index in [1.807, 2.05) is 0 Å². The fraction of sp³-hybridized carbons (Fsp3) is 0.815. The fourth-order valence-electron chi connectivity index (χ4n) is 9.85. The predicted molar refractivity (Wildman–Crippen MR) is 316 cm³/mol. The first-order chi connectivity index (χ1) is 39.0. The van der Waals surface area contributed by atoms with Crippen molar-refractivity contribution in [1.82, 2.24) is 0 Å². The molecule has 0 aromatic heterocycles. The zero-order chi connectivity index (χ0) is 58.1. The zero-order valence-corrected chi connectivity index (χ0v) is 49.8. The summed E-state index contributed by atoms with van der Waals surface area (Å²) in [5.74, 6) is -0.929. The van der Waals surface area contributed by atoms with Crippen molar-refractivity contribution in [3.63, 3.8) is 0 Å². The maximum atomic E-state index is 13.1. The van der Waals surface area contributed by atoms with Gasteiger partial charge in [0.1, 0.15) is 55.4 Å². The minimum Gasteiger partial charge on any atom is -0.462 e. The summed E-state index contributed by atoms with van der Waals surface area (Å²) in [7, 11) is 0. The van der Waals surface area contributed by atoms with Crippen LogP contribution in [0.25, 0.3) is 0 Å². The molecular formula is C65H114O15. The Morgan fingerprint density at radius 1 is 0.412 bits per heavy atom. The quantitative estimate of drug-likeness (QED) is 0.0171. The van der Waals surface area contributed by atoms with Crippen LogP contribution in [-0.2, 0) is 38.0 Å². The minimum absolute atomic E-state index is 0.154. The Morgan fingerprint density at radius 2 is 0.787 bits per heavy atom. The van der Waals surface area contributed by atoms with E-state index in [9.17, 15) is 45.3 Å². The van der Waals surface area contributed by atoms with Crippen molar-refractivity contribution in [1.29, 1.82) is 0 Å². The molecule has 0 spiro atoms. The standard InChI is InChI=1S/C65H114O15/c1-3-5-7-9-11-13-15-17-19-21-23-25-26-28-29-31-33-35-37-39-41-43-45-47-56(67)75-50-53(51-76-64-63(74)61(72)59(70)55(80-64)52-77-65-62(73)60(71)58(69)54(49-66)79-65)78-57(68)48-46-44-42-40-38-36-34-32-30-27-24-22-20-18-16-14-12-10-8-6-4-2/h6,8,12,14,18,20-21,23-24,27,53-55,58-66,69-74H,3-5,7,9-11,13,15-17,19,22,25-26,28-52H2,1-2H3/b8-6-,14-12-,20-18-,23-21-,27-24-. The van der Waals surface area contributed by atoms with Gasteiger partial charge in [0.15, 0.2) is 18.7 Å². The molecule has 11 unspecified atom stereocenters. The summed E-state index contributed by atoms with van der Waals surface area (Å²) in [6, 6.07) is 0. The molecule has 0 aromatic carbocycles. The Morgan fingerprint density at radius 3 is 1.25 bits per heavy atom. The largest absolute Gasteiger partial charge is 0.462 e. The summed E-state index contributed by atoms with van der Waals surface area (Å²) in [5.41, 5.74) is 0. The molecular weight excluding hydrogens is 1020 g/mol. The highest BCUT2D eigenvalue weighted by Crippen LogP contribution is 2.27. The van der Waals surface area contributed by atoms with Gasteiger partial charge in [-0.2, -0.15) is 0 Å². The highest BCUT2D eigenvalue weighted by Gasteiger charge is 2.47. The van der Waals surface area contributed by atoms with E-state index in [2.05, 4.69) is 74.6 Å². The Hall–Kier alpha value is -2.80. The number of allylic oxidation sites excluding steroid dienone is 10. The van der Waals surface area contributed by atoms with Gasteiger partial charge in [0, 0.05) is 12.8 Å². The van der Waals surface area contributed by atoms with Crippen LogP contribution in [0.3, 0.4) is 0 Å². The predicted octanol–water partition coefficient (Wildman–Crippen LogP) is 11.9. The van der Waals surface area contributed by atoms with E-state index in [-0.39, 0.29) is 26.1 Å². The number of hydrogen-bond donors (Lipinski definition) is 7. The molecule has 2 aliphatic heterocycles. The normalized spacial score (nSPS) is 24.1. The molecule has 0 saturated carbocycles. The molecule has 0 aromatic rings. The molecule has 0 aliphatic carbocycles. The topological polar surface area (TPSA) is 231 Å². The summed E-state index contributed by atoms with van der Waals surface area (Å²) in [4.78, 5) is 26.0. The van der Waals surface area contributed by atoms with E-state index in [4.69, 9.17) is 28.4 Å². The lowest BCUT2D eigenvalue weighted by Crippen LogP contribution is -2.61. The van der Waals surface area contributed by atoms with Crippen LogP contribution in [0, 0.1) is 0 Å². The number of carbonyl (C=O) groups is 2. The average molecular weight is 1140 g/mol. The molecule has 464 valence electrons. The Balaban J connectivity index is 1.71. The molecule has 7 N–H and O–H groups in total. The van der Waals surface area contributed by atoms with Crippen LogP contribution >= 0.6 is 0 Å². The first-order valence-electron chi connectivity index (χ1n) is 31.9. The van der Waals surface area contributed by atoms with Crippen LogP contribution in [0.15, 0.2) is 60.8 Å². The first kappa shape index (κ1) is 73.3. The Kier molecular flexibility index (Phi) is 46.4. The van der Waals surface area contributed by atoms with Gasteiger partial charge in [-0.15, -0.1) is 0 Å². The van der Waals surface area contributed by atoms with Gasteiger partial charge in [-0.3, -0.25) is 9.59 Å². The fourth-order valence-corrected chi connectivity index (χ4v) is 9.85. The third kappa shape index (κ3) is 36.7. The van der Waals surface area contributed by atoms with Crippen LogP contribution in [0.2, 0.25) is 0 Å². The van der Waals surface area contributed by atoms with E-state index >= 15 is 0 Å². The SMILES string of the molecule is CC/C=C\C/C=C\C/C=C\C/C=C\CCCCCCCCCCC(=O)OC(COC(=O)CCCCCCCCCCCCC/C=C\CCCCCCCCCC)COC1OC(COC2OC(CO)C(O)C(O)C2O)C(O)C(O)C1O. The summed E-state index contributed by atoms with van der Waals surface area (Å²) in [5, 5.41) is 72.4. The Bertz CT molecular complexity index is 1620. The second kappa shape index (κ2) is 50.7. The lowest BCUT2D eigenvalue weighted by Gasteiger charge is -2.42. The Labute approximate surface area is 483 Å². The van der Waals surface area contributed by atoms with Gasteiger partial charge in [-0.05, 0) is 77.0 Å². The van der Waals surface area contributed by atoms with E-state index in [1.54, 1.807) is 0 Å². The summed E-state index contributed by atoms with van der Waals surface area (Å²) in [6.07, 6.45) is 45.2. The first-order valence-corrected chi connectivity index (χ1v) is 31.9. The number of esters is 2. The van der Waals surface area contributed by atoms with E-state index in [1.165, 1.54) is 128 Å². The molecule has 2 saturated heterocycles. The van der Waals surface area contributed by atoms with Gasteiger partial charge in [0.25, 0.3) is 0 Å². The number of aliphatic hydroxyl groups is 7. The van der Waals surface area contributed by atoms with Crippen molar-refractivity contribution in [2.45, 2.75) is 313 Å². The summed E-state index contributed by atoms with van der Waals surface area (Å²) in [6.45, 7) is 2.51. The number of hydrogen-bond acceptors (Lipinski definition) is 15. The molecule has 2 heterocycles. The minimum atomic E-state index is -1.77. The molecule has 0 bridgehead atoms. The highest BCUT2D eigenvalue weighted by molar-refractivity contribution is 5.70. The molecule has 15 heteroatoms. The molecule has 0 amide bonds. The van der Waals surface area contributed by atoms with Crippen molar-refractivity contribution in [2.75, 3.05) is 26.4 Å². The van der Waals surface area contributed by atoms with E-state index in [0.29, 0.717) is 12.8 Å². The maximum Gasteiger partial charge on any atom is 0.306 e. The molecule has 2 aliphatic rings. The number of aliphatic hydroxyl groups excluding tert-OH is 7. The second-order valence-corrected chi connectivity index (χ2v) is 22.2. The lowest BCUT2D eigenvalue weighted by atomic mass is 9.98. The lowest BCUT2D eigenvalue weighted by molar-refractivity contribution is -0.332. The van der Waals surface area contributed by atoms with Crippen molar-refractivity contribution < 1.29 is 73.8 Å². The monoisotopic (exact) mass is 1130 g/mol. The molecule has 15 nitrogen and oxygen atoms in total. The molecule has 2 fully saturated rings. The number of unbranched alkanes of at least 4 members (excludes halogenated alkanes) is 27. The van der Waals surface area contributed by atoms with Crippen LogP contribution in [0.4, 0.5) is 0 Å². The second-order valence-electron chi connectivity index (χ2n) is 22.2. The summed E-state index contributed by atoms with van der Waals surface area (Å²) >= 11 is 0. The van der Waals surface area contributed by atoms with E-state index in [0.717, 1.165) is 77.0 Å². The van der Waals surface area contributed by atoms with E-state index < -0.39 is 92.7 Å². The summed E-state index contributed by atoms with van der Waals surface area (Å²) < 4.78 is 33.8. The van der Waals surface area contributed by atoms with Crippen LogP contribution in [0.5, 0.6) is 0 Å². The number of rotatable bonds is 51. The van der Waals surface area contributed by atoms with Crippen molar-refractivity contribution in [2.24, 2.45) is 0 Å². The van der Waals surface area contributed by atoms with Crippen molar-refractivity contribution >= 4 is 11.9 Å². The number of ether oxygens (including phenoxy) is 6. The zero-order valence-electron chi connectivity index (χ0n) is 49.8. The molecule has 80 heavy (non-hydrogen) atoms. The van der Waals surface area contributed by atoms with Crippen molar-refractivity contribution in [3.05, 3.63) is 60.8 Å². The maximum absolute atomic E-state index is 13.1. The van der Waals surface area contributed by atoms with Crippen molar-refractivity contribution in [3.8, 4) is 0 Å². The van der Waals surface area contributed by atoms with Gasteiger partial charge < -0.3 is 64.2 Å². The van der Waals surface area contributed by atoms with Gasteiger partial charge in [0.2, 0.25) is 0 Å². The number of carbonyl (C=O) groups excluding carboxylic acids is 2.